The summed E-state index contributed by atoms with van der Waals surface area (Å²) < 4.78 is 10.8. The molecule has 6 rings (SSSR count). The molecule has 41 heavy (non-hydrogen) atoms. The number of fused-ring (bicyclic) bond motifs is 2. The highest BCUT2D eigenvalue weighted by molar-refractivity contribution is 6.07. The van der Waals surface area contributed by atoms with Gasteiger partial charge in [-0.3, -0.25) is 0 Å². The Morgan fingerprint density at radius 1 is 0.756 bits per heavy atom. The van der Waals surface area contributed by atoms with Crippen LogP contribution in [0, 0.1) is 0 Å². The summed E-state index contributed by atoms with van der Waals surface area (Å²) in [5, 5.41) is 28.6. The van der Waals surface area contributed by atoms with E-state index in [4.69, 9.17) is 9.47 Å². The van der Waals surface area contributed by atoms with Gasteiger partial charge in [0.25, 0.3) is 0 Å². The van der Waals surface area contributed by atoms with E-state index in [9.17, 15) is 9.90 Å². The van der Waals surface area contributed by atoms with Gasteiger partial charge in [-0.05, 0) is 58.3 Å². The van der Waals surface area contributed by atoms with Crippen molar-refractivity contribution in [2.45, 2.75) is 20.0 Å². The van der Waals surface area contributed by atoms with E-state index < -0.39 is 12.1 Å². The molecule has 0 radical (unpaired) electrons. The summed E-state index contributed by atoms with van der Waals surface area (Å²) in [7, 11) is 0. The normalized spacial score (nSPS) is 11.9. The van der Waals surface area contributed by atoms with Crippen LogP contribution in [0.4, 0.5) is 0 Å². The summed E-state index contributed by atoms with van der Waals surface area (Å²) in [4.78, 5) is 12.1. The number of esters is 1. The van der Waals surface area contributed by atoms with Crippen molar-refractivity contribution in [1.29, 1.82) is 0 Å². The van der Waals surface area contributed by atoms with Gasteiger partial charge in [-0.25, -0.2) is 4.79 Å². The van der Waals surface area contributed by atoms with Gasteiger partial charge in [0, 0.05) is 22.8 Å². The number of hydrogen-bond donors (Lipinski definition) is 1. The quantitative estimate of drug-likeness (QED) is 0.213. The van der Waals surface area contributed by atoms with E-state index in [1.54, 1.807) is 26.0 Å². The molecule has 0 saturated carbocycles. The van der Waals surface area contributed by atoms with E-state index >= 15 is 0 Å². The van der Waals surface area contributed by atoms with E-state index in [0.29, 0.717) is 22.7 Å². The van der Waals surface area contributed by atoms with Crippen LogP contribution in [0.5, 0.6) is 11.5 Å². The second-order valence-corrected chi connectivity index (χ2v) is 9.61. The minimum absolute atomic E-state index is 0.0654. The van der Waals surface area contributed by atoms with Crippen LogP contribution in [0.15, 0.2) is 103 Å². The summed E-state index contributed by atoms with van der Waals surface area (Å²) in [5.74, 6) is -0.215. The van der Waals surface area contributed by atoms with Gasteiger partial charge in [0.05, 0.1) is 6.61 Å². The number of nitrogens with zero attached hydrogens (tertiary/aromatic N) is 3. The van der Waals surface area contributed by atoms with Crippen molar-refractivity contribution >= 4 is 27.5 Å². The second-order valence-electron chi connectivity index (χ2n) is 9.61. The predicted octanol–water partition coefficient (Wildman–Crippen LogP) is 7.22. The van der Waals surface area contributed by atoms with E-state index in [1.165, 1.54) is 6.07 Å². The molecule has 202 valence electrons. The number of ether oxygens (including phenoxy) is 2. The third kappa shape index (κ3) is 4.94. The van der Waals surface area contributed by atoms with Gasteiger partial charge >= 0.3 is 5.97 Å². The van der Waals surface area contributed by atoms with E-state index in [2.05, 4.69) is 51.8 Å². The lowest BCUT2D eigenvalue weighted by Gasteiger charge is -2.17. The zero-order valence-electron chi connectivity index (χ0n) is 22.6. The maximum atomic E-state index is 12.1. The predicted molar refractivity (Wildman–Crippen MR) is 160 cm³/mol. The maximum absolute atomic E-state index is 12.1. The number of carbonyl (C=O) groups excluding carboxylic acids is 1. The lowest BCUT2D eigenvalue weighted by Crippen LogP contribution is -2.26. The molecule has 1 unspecified atom stereocenters. The molecule has 0 aliphatic rings. The Balaban J connectivity index is 1.57. The summed E-state index contributed by atoms with van der Waals surface area (Å²) >= 11 is 0. The van der Waals surface area contributed by atoms with Crippen molar-refractivity contribution in [3.05, 3.63) is 103 Å². The monoisotopic (exact) mass is 541 g/mol. The van der Waals surface area contributed by atoms with Gasteiger partial charge in [0.2, 0.25) is 0 Å². The third-order valence-electron chi connectivity index (χ3n) is 7.02. The SMILES string of the molecule is CCOC(=O)C(C)Oc1ccc(-c2nnnc(-c3cccc4ccccc34)c2-c2cccc3ccccc23)c(O)c1. The lowest BCUT2D eigenvalue weighted by atomic mass is 9.90. The maximum Gasteiger partial charge on any atom is 0.347 e. The minimum atomic E-state index is -0.829. The summed E-state index contributed by atoms with van der Waals surface area (Å²) in [6, 6.07) is 33.3. The van der Waals surface area contributed by atoms with E-state index in [0.717, 1.165) is 38.2 Å². The third-order valence-corrected chi connectivity index (χ3v) is 7.02. The fourth-order valence-electron chi connectivity index (χ4n) is 5.13. The smallest absolute Gasteiger partial charge is 0.347 e. The van der Waals surface area contributed by atoms with Crippen LogP contribution in [-0.2, 0) is 9.53 Å². The zero-order valence-corrected chi connectivity index (χ0v) is 22.6. The minimum Gasteiger partial charge on any atom is -0.507 e. The first-order valence-corrected chi connectivity index (χ1v) is 13.4. The number of hydrogen-bond acceptors (Lipinski definition) is 7. The number of carbonyl (C=O) groups is 1. The highest BCUT2D eigenvalue weighted by Gasteiger charge is 2.23. The molecule has 1 heterocycles. The highest BCUT2D eigenvalue weighted by atomic mass is 16.6. The first kappa shape index (κ1) is 26.0. The lowest BCUT2D eigenvalue weighted by molar-refractivity contribution is -0.150. The Morgan fingerprint density at radius 3 is 2.00 bits per heavy atom. The van der Waals surface area contributed by atoms with E-state index in [-0.39, 0.29) is 12.4 Å². The molecule has 0 aliphatic heterocycles. The van der Waals surface area contributed by atoms with Gasteiger partial charge in [-0.2, -0.15) is 0 Å². The van der Waals surface area contributed by atoms with Gasteiger partial charge in [0.15, 0.2) is 6.10 Å². The Morgan fingerprint density at radius 2 is 1.34 bits per heavy atom. The molecule has 1 aromatic heterocycles. The van der Waals surface area contributed by atoms with Crippen molar-refractivity contribution < 1.29 is 19.4 Å². The average Bonchev–Trinajstić information content (AvgIpc) is 3.00. The molecular formula is C34H27N3O4. The fourth-order valence-corrected chi connectivity index (χ4v) is 5.13. The Labute approximate surface area is 237 Å². The first-order chi connectivity index (χ1) is 20.0. The topological polar surface area (TPSA) is 94.4 Å². The standard InChI is InChI=1S/C34H27N3O4/c1-3-40-34(39)21(2)41-24-18-19-29(30(38)20-24)33-31(27-16-8-12-22-10-4-6-14-25(22)27)32(35-37-36-33)28-17-9-13-23-11-5-7-15-26(23)28/h4-21,38H,3H2,1-2H3. The molecule has 7 nitrogen and oxygen atoms in total. The van der Waals surface area contributed by atoms with Gasteiger partial charge < -0.3 is 14.6 Å². The number of benzene rings is 5. The summed E-state index contributed by atoms with van der Waals surface area (Å²) in [6.07, 6.45) is -0.829. The molecule has 0 bridgehead atoms. The summed E-state index contributed by atoms with van der Waals surface area (Å²) in [6.45, 7) is 3.60. The fraction of sp³-hybridized carbons (Fsp3) is 0.118. The average molecular weight is 542 g/mol. The van der Waals surface area contributed by atoms with Crippen LogP contribution in [0.3, 0.4) is 0 Å². The molecule has 1 N–H and O–H groups in total. The van der Waals surface area contributed by atoms with Crippen LogP contribution in [0.2, 0.25) is 0 Å². The van der Waals surface area contributed by atoms with Gasteiger partial charge in [0.1, 0.15) is 22.9 Å². The van der Waals surface area contributed by atoms with Crippen LogP contribution >= 0.6 is 0 Å². The first-order valence-electron chi connectivity index (χ1n) is 13.4. The summed E-state index contributed by atoms with van der Waals surface area (Å²) in [5.41, 5.74) is 4.15. The number of aromatic nitrogens is 3. The molecule has 1 atom stereocenters. The molecule has 0 spiro atoms. The number of aromatic hydroxyl groups is 1. The molecule has 5 aromatic carbocycles. The zero-order chi connectivity index (χ0) is 28.3. The molecular weight excluding hydrogens is 514 g/mol. The van der Waals surface area contributed by atoms with Crippen LogP contribution in [0.25, 0.3) is 55.2 Å². The molecule has 6 aromatic rings. The van der Waals surface area contributed by atoms with Gasteiger partial charge in [-0.15, -0.1) is 10.2 Å². The highest BCUT2D eigenvalue weighted by Crippen LogP contribution is 2.44. The number of phenols is 1. The Bertz CT molecular complexity index is 1890. The van der Waals surface area contributed by atoms with Crippen molar-refractivity contribution in [2.75, 3.05) is 6.61 Å². The van der Waals surface area contributed by atoms with Crippen LogP contribution in [-0.4, -0.2) is 39.2 Å². The number of phenolic OH excluding ortho intramolecular Hbond substituents is 1. The van der Waals surface area contributed by atoms with E-state index in [1.807, 2.05) is 48.5 Å². The van der Waals surface area contributed by atoms with Crippen LogP contribution < -0.4 is 4.74 Å². The van der Waals surface area contributed by atoms with Crippen molar-refractivity contribution in [3.63, 3.8) is 0 Å². The Kier molecular flexibility index (Phi) is 7.00. The molecule has 0 saturated heterocycles. The molecule has 0 amide bonds. The molecule has 7 heteroatoms. The largest absolute Gasteiger partial charge is 0.507 e. The molecule has 0 fully saturated rings. The van der Waals surface area contributed by atoms with Crippen molar-refractivity contribution in [1.82, 2.24) is 15.4 Å². The van der Waals surface area contributed by atoms with Crippen molar-refractivity contribution in [3.8, 4) is 45.1 Å². The second kappa shape index (κ2) is 11.1. The number of rotatable bonds is 7. The molecule has 0 aliphatic carbocycles. The van der Waals surface area contributed by atoms with Gasteiger partial charge in [-0.1, -0.05) is 84.9 Å². The van der Waals surface area contributed by atoms with Crippen LogP contribution in [0.1, 0.15) is 13.8 Å². The van der Waals surface area contributed by atoms with Crippen molar-refractivity contribution in [2.24, 2.45) is 0 Å². The Hall–Kier alpha value is -5.30.